The molecule has 4 aliphatic heterocycles. The largest absolute Gasteiger partial charge is 0.454 e. The highest BCUT2D eigenvalue weighted by Gasteiger charge is 2.56. The Labute approximate surface area is 119 Å². The van der Waals surface area contributed by atoms with E-state index in [1.807, 2.05) is 18.2 Å². The Bertz CT molecular complexity index is 671. The van der Waals surface area contributed by atoms with Crippen LogP contribution in [0.4, 0.5) is 0 Å². The molecule has 7 heteroatoms. The lowest BCUT2D eigenvalue weighted by Gasteiger charge is -2.27. The predicted octanol–water partition coefficient (Wildman–Crippen LogP) is 0.459. The molecule has 5 rings (SSSR count). The van der Waals surface area contributed by atoms with Crippen LogP contribution >= 0.6 is 0 Å². The normalized spacial score (nSPS) is 35.4. The third-order valence-electron chi connectivity index (χ3n) is 4.18. The van der Waals surface area contributed by atoms with Gasteiger partial charge in [0.2, 0.25) is 18.9 Å². The Morgan fingerprint density at radius 3 is 3.05 bits per heavy atom. The van der Waals surface area contributed by atoms with E-state index < -0.39 is 18.3 Å². The number of Topliss-reactive ketones (excluding diaryl/α,β-unsaturated/α-hetero) is 1. The lowest BCUT2D eigenvalue weighted by molar-refractivity contribution is -0.169. The number of ether oxygens (including phenoxy) is 4. The van der Waals surface area contributed by atoms with Gasteiger partial charge in [-0.3, -0.25) is 4.79 Å². The summed E-state index contributed by atoms with van der Waals surface area (Å²) in [6.45, 7) is 0.570. The molecule has 2 bridgehead atoms. The number of fused-ring (bicyclic) bond motifs is 5. The predicted molar refractivity (Wildman–Crippen MR) is 67.1 cm³/mol. The van der Waals surface area contributed by atoms with Crippen LogP contribution in [0.3, 0.4) is 0 Å². The second-order valence-corrected chi connectivity index (χ2v) is 5.33. The van der Waals surface area contributed by atoms with E-state index in [1.54, 1.807) is 0 Å². The molecule has 4 aliphatic rings. The van der Waals surface area contributed by atoms with Gasteiger partial charge in [0.25, 0.3) is 0 Å². The summed E-state index contributed by atoms with van der Waals surface area (Å²) in [7, 11) is 0. The molecular weight excluding hydrogens is 278 g/mol. The highest BCUT2D eigenvalue weighted by Crippen LogP contribution is 2.39. The van der Waals surface area contributed by atoms with E-state index in [-0.39, 0.29) is 18.7 Å². The Morgan fingerprint density at radius 2 is 2.10 bits per heavy atom. The van der Waals surface area contributed by atoms with Crippen LogP contribution in [0.15, 0.2) is 23.4 Å². The molecule has 7 nitrogen and oxygen atoms in total. The summed E-state index contributed by atoms with van der Waals surface area (Å²) in [6.07, 6.45) is -1.44. The van der Waals surface area contributed by atoms with E-state index in [1.165, 1.54) is 0 Å². The molecular formula is C14H11NO6. The van der Waals surface area contributed by atoms with Gasteiger partial charge < -0.3 is 23.8 Å². The minimum Gasteiger partial charge on any atom is -0.454 e. The Hall–Kier alpha value is -2.12. The lowest BCUT2D eigenvalue weighted by atomic mass is 9.85. The van der Waals surface area contributed by atoms with Crippen LogP contribution in [0.5, 0.6) is 11.5 Å². The van der Waals surface area contributed by atoms with E-state index in [4.69, 9.17) is 23.8 Å². The molecule has 21 heavy (non-hydrogen) atoms. The fourth-order valence-electron chi connectivity index (χ4n) is 3.15. The molecule has 4 heterocycles. The van der Waals surface area contributed by atoms with Gasteiger partial charge in [-0.15, -0.1) is 0 Å². The topological polar surface area (TPSA) is 75.6 Å². The number of carbonyl (C=O) groups excluding carboxylic acids is 1. The molecule has 0 spiro atoms. The molecule has 0 N–H and O–H groups in total. The van der Waals surface area contributed by atoms with Crippen molar-refractivity contribution in [2.45, 2.75) is 18.5 Å². The van der Waals surface area contributed by atoms with Crippen molar-refractivity contribution < 1.29 is 28.6 Å². The van der Waals surface area contributed by atoms with Gasteiger partial charge in [-0.05, 0) is 18.2 Å². The van der Waals surface area contributed by atoms with Crippen LogP contribution in [0, 0.1) is 5.92 Å². The van der Waals surface area contributed by atoms with Crippen LogP contribution < -0.4 is 9.47 Å². The number of ketones is 1. The number of benzene rings is 1. The monoisotopic (exact) mass is 289 g/mol. The minimum atomic E-state index is -0.794. The van der Waals surface area contributed by atoms with E-state index in [0.29, 0.717) is 23.8 Å². The standard InChI is InChI=1S/C14H11NO6/c16-12-10-11(6-1-2-7-8(3-6)19-5-18-7)15-21-13(10)9-4-17-14(12)20-9/h1-3,9-10,13-14H,4-5H2. The average molecular weight is 289 g/mol. The summed E-state index contributed by atoms with van der Waals surface area (Å²) in [5.74, 6) is 0.758. The number of oxime groups is 1. The van der Waals surface area contributed by atoms with Crippen molar-refractivity contribution in [3.05, 3.63) is 23.8 Å². The van der Waals surface area contributed by atoms with Gasteiger partial charge in [-0.1, -0.05) is 5.16 Å². The van der Waals surface area contributed by atoms with E-state index in [9.17, 15) is 4.79 Å². The molecule has 1 aromatic carbocycles. The zero-order chi connectivity index (χ0) is 14.0. The van der Waals surface area contributed by atoms with Crippen molar-refractivity contribution in [2.24, 2.45) is 11.1 Å². The maximum atomic E-state index is 12.4. The van der Waals surface area contributed by atoms with Gasteiger partial charge in [0.05, 0.1) is 6.61 Å². The smallest absolute Gasteiger partial charge is 0.231 e. The van der Waals surface area contributed by atoms with Crippen molar-refractivity contribution in [3.63, 3.8) is 0 Å². The highest BCUT2D eigenvalue weighted by molar-refractivity contribution is 6.16. The van der Waals surface area contributed by atoms with Gasteiger partial charge in [0.15, 0.2) is 17.6 Å². The van der Waals surface area contributed by atoms with Crippen molar-refractivity contribution in [1.29, 1.82) is 0 Å². The average Bonchev–Trinajstić information content (AvgIpc) is 3.22. The number of carbonyl (C=O) groups is 1. The van der Waals surface area contributed by atoms with Crippen molar-refractivity contribution >= 4 is 11.5 Å². The van der Waals surface area contributed by atoms with E-state index >= 15 is 0 Å². The van der Waals surface area contributed by atoms with Crippen molar-refractivity contribution in [3.8, 4) is 11.5 Å². The van der Waals surface area contributed by atoms with E-state index in [2.05, 4.69) is 5.16 Å². The molecule has 0 aromatic heterocycles. The molecule has 4 unspecified atom stereocenters. The van der Waals surface area contributed by atoms with Crippen LogP contribution in [0.1, 0.15) is 5.56 Å². The van der Waals surface area contributed by atoms with Crippen molar-refractivity contribution in [2.75, 3.05) is 13.4 Å². The number of hydrogen-bond donors (Lipinski definition) is 0. The summed E-state index contributed by atoms with van der Waals surface area (Å²) >= 11 is 0. The third-order valence-corrected chi connectivity index (χ3v) is 4.18. The molecule has 1 aromatic rings. The Kier molecular flexibility index (Phi) is 2.17. The van der Waals surface area contributed by atoms with Crippen molar-refractivity contribution in [1.82, 2.24) is 0 Å². The second kappa shape index (κ2) is 3.96. The fourth-order valence-corrected chi connectivity index (χ4v) is 3.15. The second-order valence-electron chi connectivity index (χ2n) is 5.33. The summed E-state index contributed by atoms with van der Waals surface area (Å²) < 4.78 is 21.5. The summed E-state index contributed by atoms with van der Waals surface area (Å²) in [6, 6.07) is 5.48. The molecule has 0 radical (unpaired) electrons. The molecule has 0 saturated carbocycles. The van der Waals surface area contributed by atoms with Gasteiger partial charge in [0, 0.05) is 5.56 Å². The van der Waals surface area contributed by atoms with Crippen LogP contribution in [-0.2, 0) is 19.1 Å². The fraction of sp³-hybridized carbons (Fsp3) is 0.429. The molecule has 4 atom stereocenters. The van der Waals surface area contributed by atoms with Crippen LogP contribution in [0.25, 0.3) is 0 Å². The quantitative estimate of drug-likeness (QED) is 0.747. The number of hydrogen-bond acceptors (Lipinski definition) is 7. The maximum absolute atomic E-state index is 12.4. The first-order valence-corrected chi connectivity index (χ1v) is 6.76. The molecule has 2 saturated heterocycles. The van der Waals surface area contributed by atoms with Gasteiger partial charge in [-0.2, -0.15) is 0 Å². The maximum Gasteiger partial charge on any atom is 0.231 e. The molecule has 2 fully saturated rings. The Balaban J connectivity index is 1.54. The number of rotatable bonds is 1. The molecule has 0 amide bonds. The first kappa shape index (κ1) is 11.5. The summed E-state index contributed by atoms with van der Waals surface area (Å²) in [5.41, 5.74) is 1.40. The summed E-state index contributed by atoms with van der Waals surface area (Å²) in [4.78, 5) is 17.8. The molecule has 108 valence electrons. The first-order chi connectivity index (χ1) is 10.3. The number of nitrogens with zero attached hydrogens (tertiary/aromatic N) is 1. The van der Waals surface area contributed by atoms with E-state index in [0.717, 1.165) is 5.56 Å². The zero-order valence-corrected chi connectivity index (χ0v) is 10.9. The van der Waals surface area contributed by atoms with Gasteiger partial charge in [-0.25, -0.2) is 0 Å². The highest BCUT2D eigenvalue weighted by atomic mass is 16.8. The zero-order valence-electron chi connectivity index (χ0n) is 10.9. The molecule has 0 aliphatic carbocycles. The van der Waals surface area contributed by atoms with Crippen LogP contribution in [0.2, 0.25) is 0 Å². The van der Waals surface area contributed by atoms with Gasteiger partial charge in [0.1, 0.15) is 17.7 Å². The SMILES string of the molecule is O=C1C2OCC(O2)C2ON=C(c3ccc4c(c3)OCO4)C12. The Morgan fingerprint density at radius 1 is 1.19 bits per heavy atom. The lowest BCUT2D eigenvalue weighted by Crippen LogP contribution is -2.48. The van der Waals surface area contributed by atoms with Gasteiger partial charge >= 0.3 is 0 Å². The van der Waals surface area contributed by atoms with Crippen LogP contribution in [-0.4, -0.2) is 43.4 Å². The third kappa shape index (κ3) is 1.50. The summed E-state index contributed by atoms with van der Waals surface area (Å²) in [5, 5.41) is 4.11. The first-order valence-electron chi connectivity index (χ1n) is 6.76. The minimum absolute atomic E-state index is 0.136.